The van der Waals surface area contributed by atoms with E-state index in [0.717, 1.165) is 21.4 Å². The fourth-order valence-corrected chi connectivity index (χ4v) is 4.33. The highest BCUT2D eigenvalue weighted by molar-refractivity contribution is 9.10. The van der Waals surface area contributed by atoms with E-state index < -0.39 is 5.82 Å². The lowest BCUT2D eigenvalue weighted by atomic mass is 10.1. The zero-order valence-electron chi connectivity index (χ0n) is 18.5. The molecule has 0 amide bonds. The minimum Gasteiger partial charge on any atom is -0.379 e. The topological polar surface area (TPSA) is 117 Å². The van der Waals surface area contributed by atoms with Gasteiger partial charge in [0, 0.05) is 45.4 Å². The number of nitrogens with zero attached hydrogens (tertiary/aromatic N) is 7. The molecule has 9 nitrogen and oxygen atoms in total. The SMILES string of the molecule is N#Cc1cnc2c(Br)cc(NCc3cn(Cc4cncnc4)nn3)cc2c1Nc1ccc(F)c(Cl)c1. The van der Waals surface area contributed by atoms with Crippen molar-refractivity contribution in [3.05, 3.63) is 93.6 Å². The third-order valence-corrected chi connectivity index (χ3v) is 6.15. The number of benzene rings is 2. The van der Waals surface area contributed by atoms with E-state index in [2.05, 4.69) is 57.9 Å². The predicted molar refractivity (Wildman–Crippen MR) is 137 cm³/mol. The predicted octanol–water partition coefficient (Wildman–Crippen LogP) is 5.45. The molecule has 5 aromatic rings. The Labute approximate surface area is 218 Å². The van der Waals surface area contributed by atoms with Crippen molar-refractivity contribution in [1.29, 1.82) is 5.26 Å². The number of nitrogens with one attached hydrogen (secondary N) is 2. The first kappa shape index (κ1) is 23.6. The minimum absolute atomic E-state index is 0.0201. The molecule has 2 aromatic carbocycles. The zero-order chi connectivity index (χ0) is 25.1. The van der Waals surface area contributed by atoms with Gasteiger partial charge in [0.05, 0.1) is 41.1 Å². The van der Waals surface area contributed by atoms with Gasteiger partial charge in [-0.1, -0.05) is 16.8 Å². The first-order chi connectivity index (χ1) is 17.5. The monoisotopic (exact) mass is 563 g/mol. The Morgan fingerprint density at radius 1 is 1.11 bits per heavy atom. The van der Waals surface area contributed by atoms with E-state index in [1.54, 1.807) is 23.1 Å². The average Bonchev–Trinajstić information content (AvgIpc) is 3.33. The summed E-state index contributed by atoms with van der Waals surface area (Å²) in [7, 11) is 0. The van der Waals surface area contributed by atoms with Crippen molar-refractivity contribution in [2.24, 2.45) is 0 Å². The van der Waals surface area contributed by atoms with E-state index in [1.165, 1.54) is 24.7 Å². The molecule has 0 saturated carbocycles. The molecular formula is C24H16BrClFN9. The van der Waals surface area contributed by atoms with Crippen LogP contribution in [0.25, 0.3) is 10.9 Å². The number of hydrogen-bond acceptors (Lipinski definition) is 8. The number of rotatable bonds is 7. The third kappa shape index (κ3) is 5.10. The van der Waals surface area contributed by atoms with Crippen LogP contribution in [0.2, 0.25) is 5.02 Å². The van der Waals surface area contributed by atoms with Gasteiger partial charge in [-0.2, -0.15) is 5.26 Å². The Morgan fingerprint density at radius 3 is 2.72 bits per heavy atom. The second kappa shape index (κ2) is 10.2. The molecule has 0 aliphatic carbocycles. The lowest BCUT2D eigenvalue weighted by molar-refractivity contribution is 0.628. The van der Waals surface area contributed by atoms with Crippen molar-refractivity contribution < 1.29 is 4.39 Å². The van der Waals surface area contributed by atoms with Gasteiger partial charge in [-0.15, -0.1) is 5.10 Å². The van der Waals surface area contributed by atoms with Gasteiger partial charge < -0.3 is 10.6 Å². The van der Waals surface area contributed by atoms with Crippen LogP contribution in [0.3, 0.4) is 0 Å². The molecule has 3 heterocycles. The summed E-state index contributed by atoms with van der Waals surface area (Å²) in [6, 6.07) is 10.2. The van der Waals surface area contributed by atoms with Gasteiger partial charge in [-0.05, 0) is 46.3 Å². The molecule has 0 unspecified atom stereocenters. The van der Waals surface area contributed by atoms with E-state index in [4.69, 9.17) is 11.6 Å². The third-order valence-electron chi connectivity index (χ3n) is 5.25. The Balaban J connectivity index is 1.41. The summed E-state index contributed by atoms with van der Waals surface area (Å²) in [6.07, 6.45) is 8.27. The Kier molecular flexibility index (Phi) is 6.71. The largest absolute Gasteiger partial charge is 0.379 e. The highest BCUT2D eigenvalue weighted by Gasteiger charge is 2.14. The summed E-state index contributed by atoms with van der Waals surface area (Å²) in [4.78, 5) is 12.4. The number of fused-ring (bicyclic) bond motifs is 1. The maximum Gasteiger partial charge on any atom is 0.141 e. The molecule has 0 saturated heterocycles. The quantitative estimate of drug-likeness (QED) is 0.268. The molecule has 12 heteroatoms. The Morgan fingerprint density at radius 2 is 1.94 bits per heavy atom. The van der Waals surface area contributed by atoms with Gasteiger partial charge in [0.1, 0.15) is 23.9 Å². The molecule has 0 aliphatic rings. The highest BCUT2D eigenvalue weighted by atomic mass is 79.9. The van der Waals surface area contributed by atoms with Crippen molar-refractivity contribution in [3.8, 4) is 6.07 Å². The number of pyridine rings is 1. The van der Waals surface area contributed by atoms with Gasteiger partial charge >= 0.3 is 0 Å². The number of halogens is 3. The molecule has 3 aromatic heterocycles. The van der Waals surface area contributed by atoms with Crippen LogP contribution >= 0.6 is 27.5 Å². The van der Waals surface area contributed by atoms with E-state index in [-0.39, 0.29) is 5.02 Å². The fraction of sp³-hybridized carbons (Fsp3) is 0.0833. The van der Waals surface area contributed by atoms with Crippen molar-refractivity contribution in [2.75, 3.05) is 10.6 Å². The van der Waals surface area contributed by atoms with Crippen LogP contribution in [-0.4, -0.2) is 29.9 Å². The lowest BCUT2D eigenvalue weighted by Gasteiger charge is -2.14. The Hall–Kier alpha value is -4.14. The molecule has 0 aliphatic heterocycles. The molecule has 2 N–H and O–H groups in total. The number of aromatic nitrogens is 6. The summed E-state index contributed by atoms with van der Waals surface area (Å²) >= 11 is 9.51. The van der Waals surface area contributed by atoms with Crippen molar-refractivity contribution in [1.82, 2.24) is 29.9 Å². The first-order valence-corrected chi connectivity index (χ1v) is 11.8. The van der Waals surface area contributed by atoms with E-state index in [1.807, 2.05) is 18.3 Å². The standard InChI is InChI=1S/C24H16BrClFN9/c25-20-4-17(31-10-18-12-36(35-34-18)11-14-7-29-13-30-8-14)3-19-23(15(6-28)9-32-24(19)20)33-16-1-2-22(27)21(26)5-16/h1-5,7-9,12-13,31H,10-11H2,(H,32,33). The molecule has 0 spiro atoms. The summed E-state index contributed by atoms with van der Waals surface area (Å²) in [5, 5.41) is 25.3. The molecule has 0 radical (unpaired) electrons. The molecule has 178 valence electrons. The van der Waals surface area contributed by atoms with E-state index in [9.17, 15) is 9.65 Å². The van der Waals surface area contributed by atoms with E-state index >= 15 is 0 Å². The van der Waals surface area contributed by atoms with Crippen LogP contribution in [0.1, 0.15) is 16.8 Å². The summed E-state index contributed by atoms with van der Waals surface area (Å²) in [5.74, 6) is -0.523. The summed E-state index contributed by atoms with van der Waals surface area (Å²) in [6.45, 7) is 0.936. The summed E-state index contributed by atoms with van der Waals surface area (Å²) < 4.78 is 16.1. The van der Waals surface area contributed by atoms with Crippen molar-refractivity contribution in [3.63, 3.8) is 0 Å². The van der Waals surface area contributed by atoms with Crippen LogP contribution in [-0.2, 0) is 13.1 Å². The normalized spacial score (nSPS) is 10.8. The molecule has 0 bridgehead atoms. The fourth-order valence-electron chi connectivity index (χ4n) is 3.59. The number of anilines is 3. The van der Waals surface area contributed by atoms with Gasteiger partial charge in [-0.25, -0.2) is 19.0 Å². The van der Waals surface area contributed by atoms with Crippen LogP contribution in [0, 0.1) is 17.1 Å². The van der Waals surface area contributed by atoms with Gasteiger partial charge in [-0.3, -0.25) is 4.98 Å². The van der Waals surface area contributed by atoms with Gasteiger partial charge in [0.25, 0.3) is 0 Å². The molecular weight excluding hydrogens is 549 g/mol. The van der Waals surface area contributed by atoms with Crippen LogP contribution in [0.4, 0.5) is 21.5 Å². The zero-order valence-corrected chi connectivity index (χ0v) is 20.8. The maximum atomic E-state index is 13.6. The number of nitriles is 1. The molecule has 5 rings (SSSR count). The minimum atomic E-state index is -0.523. The second-order valence-corrected chi connectivity index (χ2v) is 9.04. The van der Waals surface area contributed by atoms with Crippen LogP contribution < -0.4 is 10.6 Å². The van der Waals surface area contributed by atoms with Crippen molar-refractivity contribution in [2.45, 2.75) is 13.1 Å². The summed E-state index contributed by atoms with van der Waals surface area (Å²) in [5.41, 5.74) is 4.50. The highest BCUT2D eigenvalue weighted by Crippen LogP contribution is 2.35. The maximum absolute atomic E-state index is 13.6. The number of hydrogen-bond donors (Lipinski definition) is 2. The van der Waals surface area contributed by atoms with Gasteiger partial charge in [0.15, 0.2) is 0 Å². The Bertz CT molecular complexity index is 1600. The molecule has 36 heavy (non-hydrogen) atoms. The van der Waals surface area contributed by atoms with Gasteiger partial charge in [0.2, 0.25) is 0 Å². The smallest absolute Gasteiger partial charge is 0.141 e. The molecule has 0 atom stereocenters. The van der Waals surface area contributed by atoms with E-state index in [0.29, 0.717) is 40.9 Å². The first-order valence-electron chi connectivity index (χ1n) is 10.6. The lowest BCUT2D eigenvalue weighted by Crippen LogP contribution is -2.02. The molecule has 0 fully saturated rings. The average molecular weight is 565 g/mol. The van der Waals surface area contributed by atoms with Crippen molar-refractivity contribution >= 4 is 55.5 Å². The second-order valence-electron chi connectivity index (χ2n) is 7.77. The van der Waals surface area contributed by atoms with Crippen LogP contribution in [0.5, 0.6) is 0 Å². The van der Waals surface area contributed by atoms with Crippen LogP contribution in [0.15, 0.2) is 65.9 Å².